The minimum absolute atomic E-state index is 0.0932. The molecule has 8 heteroatoms. The fraction of sp³-hybridized carbons (Fsp3) is 0.444. The van der Waals surface area contributed by atoms with Crippen LogP contribution in [0.2, 0.25) is 4.34 Å². The molecule has 1 heterocycles. The van der Waals surface area contributed by atoms with Gasteiger partial charge in [0.15, 0.2) is 0 Å². The van der Waals surface area contributed by atoms with Crippen LogP contribution in [0.25, 0.3) is 0 Å². The zero-order chi connectivity index (χ0) is 12.6. The molecule has 1 aliphatic rings. The van der Waals surface area contributed by atoms with Crippen LogP contribution in [0.4, 0.5) is 0 Å². The first-order chi connectivity index (χ1) is 7.91. The summed E-state index contributed by atoms with van der Waals surface area (Å²) in [5.74, 6) is -1.15. The van der Waals surface area contributed by atoms with Crippen LogP contribution in [0.3, 0.4) is 0 Å². The molecule has 0 amide bonds. The maximum atomic E-state index is 12.2. The normalized spacial score (nSPS) is 16.4. The Kier molecular flexibility index (Phi) is 3.44. The summed E-state index contributed by atoms with van der Waals surface area (Å²) in [6, 6.07) is 2.71. The van der Waals surface area contributed by atoms with E-state index in [1.807, 2.05) is 0 Å². The van der Waals surface area contributed by atoms with Gasteiger partial charge in [-0.1, -0.05) is 11.6 Å². The lowest BCUT2D eigenvalue weighted by molar-refractivity contribution is -0.137. The number of aliphatic carboxylic acids is 1. The topological polar surface area (TPSA) is 74.7 Å². The maximum absolute atomic E-state index is 12.2. The van der Waals surface area contributed by atoms with Gasteiger partial charge in [-0.25, -0.2) is 8.42 Å². The van der Waals surface area contributed by atoms with Crippen molar-refractivity contribution in [2.24, 2.45) is 0 Å². The molecule has 1 N–H and O–H groups in total. The quantitative estimate of drug-likeness (QED) is 0.896. The Morgan fingerprint density at radius 2 is 2.18 bits per heavy atom. The first-order valence-corrected chi connectivity index (χ1v) is 7.53. The number of rotatable bonds is 5. The van der Waals surface area contributed by atoms with Crippen molar-refractivity contribution in [1.29, 1.82) is 0 Å². The van der Waals surface area contributed by atoms with Crippen molar-refractivity contribution >= 4 is 38.9 Å². The molecule has 0 spiro atoms. The fourth-order valence-corrected chi connectivity index (χ4v) is 4.70. The fourth-order valence-electron chi connectivity index (χ4n) is 1.46. The average Bonchev–Trinajstić information content (AvgIpc) is 2.96. The molecule has 0 bridgehead atoms. The van der Waals surface area contributed by atoms with E-state index in [9.17, 15) is 13.2 Å². The van der Waals surface area contributed by atoms with E-state index < -0.39 is 22.5 Å². The Labute approximate surface area is 108 Å². The Hall–Kier alpha value is -0.630. The van der Waals surface area contributed by atoms with Crippen LogP contribution in [0.5, 0.6) is 0 Å². The zero-order valence-electron chi connectivity index (χ0n) is 8.67. The molecule has 0 atom stereocenters. The highest BCUT2D eigenvalue weighted by atomic mass is 35.5. The van der Waals surface area contributed by atoms with E-state index in [4.69, 9.17) is 16.7 Å². The lowest BCUT2D eigenvalue weighted by atomic mass is 10.6. The summed E-state index contributed by atoms with van der Waals surface area (Å²) < 4.78 is 25.9. The molecular weight excluding hydrogens is 286 g/mol. The van der Waals surface area contributed by atoms with Crippen LogP contribution < -0.4 is 0 Å². The van der Waals surface area contributed by atoms with Gasteiger partial charge in [0.2, 0.25) is 0 Å². The molecule has 0 saturated heterocycles. The van der Waals surface area contributed by atoms with Crippen LogP contribution >= 0.6 is 22.9 Å². The van der Waals surface area contributed by atoms with Gasteiger partial charge in [0.05, 0.1) is 4.34 Å². The van der Waals surface area contributed by atoms with E-state index in [0.29, 0.717) is 17.2 Å². The summed E-state index contributed by atoms with van der Waals surface area (Å²) in [6.45, 7) is -0.498. The second-order valence-corrected chi connectivity index (χ2v) is 7.57. The molecule has 1 aromatic heterocycles. The van der Waals surface area contributed by atoms with Crippen LogP contribution in [0.15, 0.2) is 16.3 Å². The van der Waals surface area contributed by atoms with Crippen molar-refractivity contribution in [2.45, 2.75) is 23.1 Å². The van der Waals surface area contributed by atoms with E-state index >= 15 is 0 Å². The number of carboxylic acids is 1. The van der Waals surface area contributed by atoms with E-state index in [1.165, 1.54) is 12.1 Å². The molecule has 1 aromatic rings. The van der Waals surface area contributed by atoms with Gasteiger partial charge in [0, 0.05) is 6.04 Å². The minimum Gasteiger partial charge on any atom is -0.480 e. The Bertz CT molecular complexity index is 535. The van der Waals surface area contributed by atoms with Crippen molar-refractivity contribution in [2.75, 3.05) is 6.54 Å². The second-order valence-electron chi connectivity index (χ2n) is 3.73. The molecule has 2 rings (SSSR count). The number of hydrogen-bond donors (Lipinski definition) is 1. The molecule has 0 aromatic carbocycles. The van der Waals surface area contributed by atoms with Gasteiger partial charge in [0.25, 0.3) is 10.0 Å². The smallest absolute Gasteiger partial charge is 0.318 e. The van der Waals surface area contributed by atoms with Crippen LogP contribution in [0.1, 0.15) is 12.8 Å². The molecule has 94 valence electrons. The summed E-state index contributed by atoms with van der Waals surface area (Å²) in [5.41, 5.74) is 0. The highest BCUT2D eigenvalue weighted by molar-refractivity contribution is 7.91. The highest BCUT2D eigenvalue weighted by Crippen LogP contribution is 2.35. The Balaban J connectivity index is 2.31. The average molecular weight is 296 g/mol. The third-order valence-corrected chi connectivity index (χ3v) is 5.95. The highest BCUT2D eigenvalue weighted by Gasteiger charge is 2.39. The second kappa shape index (κ2) is 4.56. The SMILES string of the molecule is O=C(O)CN(C1CC1)S(=O)(=O)c1ccc(Cl)s1. The summed E-state index contributed by atoms with van der Waals surface area (Å²) in [4.78, 5) is 10.7. The summed E-state index contributed by atoms with van der Waals surface area (Å²) in [7, 11) is -3.73. The number of carbonyl (C=O) groups is 1. The molecule has 1 aliphatic carbocycles. The molecule has 0 unspecified atom stereocenters. The number of thiophene rings is 1. The number of hydrogen-bond acceptors (Lipinski definition) is 4. The number of nitrogens with zero attached hydrogens (tertiary/aromatic N) is 1. The van der Waals surface area contributed by atoms with Crippen molar-refractivity contribution in [3.8, 4) is 0 Å². The van der Waals surface area contributed by atoms with Crippen molar-refractivity contribution < 1.29 is 18.3 Å². The van der Waals surface area contributed by atoms with Crippen LogP contribution in [0, 0.1) is 0 Å². The van der Waals surface area contributed by atoms with Gasteiger partial charge in [-0.05, 0) is 25.0 Å². The largest absolute Gasteiger partial charge is 0.480 e. The molecule has 0 aliphatic heterocycles. The van der Waals surface area contributed by atoms with Crippen LogP contribution in [-0.4, -0.2) is 36.4 Å². The van der Waals surface area contributed by atoms with Gasteiger partial charge >= 0.3 is 5.97 Å². The number of carboxylic acid groups (broad SMARTS) is 1. The summed E-state index contributed by atoms with van der Waals surface area (Å²) >= 11 is 6.63. The standard InChI is InChI=1S/C9H10ClNO4S2/c10-7-3-4-9(16-7)17(14,15)11(5-8(12)13)6-1-2-6/h3-4,6H,1-2,5H2,(H,12,13). The number of sulfonamides is 1. The van der Waals surface area contributed by atoms with Crippen molar-refractivity contribution in [3.63, 3.8) is 0 Å². The van der Waals surface area contributed by atoms with E-state index in [2.05, 4.69) is 0 Å². The molecule has 1 saturated carbocycles. The van der Waals surface area contributed by atoms with Crippen molar-refractivity contribution in [3.05, 3.63) is 16.5 Å². The Morgan fingerprint density at radius 3 is 2.59 bits per heavy atom. The van der Waals surface area contributed by atoms with E-state index in [-0.39, 0.29) is 10.3 Å². The molecule has 17 heavy (non-hydrogen) atoms. The monoisotopic (exact) mass is 295 g/mol. The van der Waals surface area contributed by atoms with Crippen molar-refractivity contribution in [1.82, 2.24) is 4.31 Å². The van der Waals surface area contributed by atoms with E-state index in [0.717, 1.165) is 15.6 Å². The van der Waals surface area contributed by atoms with Gasteiger partial charge < -0.3 is 5.11 Å². The maximum Gasteiger partial charge on any atom is 0.318 e. The van der Waals surface area contributed by atoms with Gasteiger partial charge in [0.1, 0.15) is 10.8 Å². The third kappa shape index (κ3) is 2.79. The lowest BCUT2D eigenvalue weighted by Crippen LogP contribution is -2.37. The molecule has 1 fully saturated rings. The number of halogens is 1. The van der Waals surface area contributed by atoms with Gasteiger partial charge in [-0.3, -0.25) is 4.79 Å². The Morgan fingerprint density at radius 1 is 1.53 bits per heavy atom. The molecule has 5 nitrogen and oxygen atoms in total. The predicted octanol–water partition coefficient (Wildman–Crippen LogP) is 1.64. The van der Waals surface area contributed by atoms with Gasteiger partial charge in [-0.15, -0.1) is 11.3 Å². The third-order valence-electron chi connectivity index (χ3n) is 2.36. The lowest BCUT2D eigenvalue weighted by Gasteiger charge is -2.18. The summed E-state index contributed by atoms with van der Waals surface area (Å²) in [6.07, 6.45) is 1.43. The van der Waals surface area contributed by atoms with Crippen LogP contribution in [-0.2, 0) is 14.8 Å². The zero-order valence-corrected chi connectivity index (χ0v) is 11.1. The minimum atomic E-state index is -3.73. The predicted molar refractivity (Wildman–Crippen MR) is 63.9 cm³/mol. The first kappa shape index (κ1) is 12.8. The molecule has 0 radical (unpaired) electrons. The molecular formula is C9H10ClNO4S2. The van der Waals surface area contributed by atoms with E-state index in [1.54, 1.807) is 0 Å². The van der Waals surface area contributed by atoms with Gasteiger partial charge in [-0.2, -0.15) is 4.31 Å². The summed E-state index contributed by atoms with van der Waals surface area (Å²) in [5, 5.41) is 8.75. The first-order valence-electron chi connectivity index (χ1n) is 4.90.